The molecule has 1 heterocycles. The Kier molecular flexibility index (Phi) is 3.85. The van der Waals surface area contributed by atoms with E-state index in [4.69, 9.17) is 17.3 Å². The summed E-state index contributed by atoms with van der Waals surface area (Å²) < 4.78 is 8.90. The molecule has 0 aliphatic heterocycles. The number of halogens is 1. The molecule has 0 atom stereocenters. The molecule has 9 heteroatoms. The summed E-state index contributed by atoms with van der Waals surface area (Å²) in [4.78, 5) is 23.3. The largest absolute Gasteiger partial charge is 0.465 e. The molecule has 0 saturated carbocycles. The Morgan fingerprint density at radius 2 is 2.15 bits per heavy atom. The molecule has 2 aromatic rings. The molecule has 3 N–H and O–H groups in total. The van der Waals surface area contributed by atoms with E-state index in [2.05, 4.69) is 25.0 Å². The smallest absolute Gasteiger partial charge is 0.337 e. The van der Waals surface area contributed by atoms with Crippen molar-refractivity contribution in [3.8, 4) is 0 Å². The molecular formula is C11H9ClN4O4. The first-order chi connectivity index (χ1) is 9.52. The molecule has 0 radical (unpaired) electrons. The number of aromatic nitrogens is 2. The summed E-state index contributed by atoms with van der Waals surface area (Å²) in [5, 5.41) is 9.33. The second-order valence-electron chi connectivity index (χ2n) is 3.64. The van der Waals surface area contributed by atoms with Gasteiger partial charge in [0.15, 0.2) is 0 Å². The average molecular weight is 297 g/mol. The fraction of sp³-hybridized carbons (Fsp3) is 0.0909. The van der Waals surface area contributed by atoms with Crippen LogP contribution in [0.4, 0.5) is 11.5 Å². The van der Waals surface area contributed by atoms with E-state index in [1.807, 2.05) is 0 Å². The lowest BCUT2D eigenvalue weighted by Gasteiger charge is -2.07. The first-order valence-electron chi connectivity index (χ1n) is 5.30. The van der Waals surface area contributed by atoms with Crippen LogP contribution in [0.3, 0.4) is 0 Å². The predicted molar refractivity (Wildman–Crippen MR) is 69.5 cm³/mol. The minimum atomic E-state index is -0.660. The molecule has 0 spiro atoms. The molecule has 0 bridgehead atoms. The van der Waals surface area contributed by atoms with Crippen molar-refractivity contribution in [2.24, 2.45) is 0 Å². The fourth-order valence-electron chi connectivity index (χ4n) is 1.40. The first-order valence-corrected chi connectivity index (χ1v) is 5.68. The molecule has 1 amide bonds. The lowest BCUT2D eigenvalue weighted by atomic mass is 10.2. The maximum atomic E-state index is 11.9. The lowest BCUT2D eigenvalue weighted by Crippen LogP contribution is -2.15. The minimum absolute atomic E-state index is 0.150. The van der Waals surface area contributed by atoms with Crippen LogP contribution < -0.4 is 11.1 Å². The van der Waals surface area contributed by atoms with E-state index in [1.165, 1.54) is 25.3 Å². The molecular weight excluding hydrogens is 288 g/mol. The van der Waals surface area contributed by atoms with Gasteiger partial charge in [0.05, 0.1) is 23.4 Å². The van der Waals surface area contributed by atoms with Gasteiger partial charge in [-0.1, -0.05) is 11.6 Å². The molecule has 1 aromatic carbocycles. The SMILES string of the molecule is COC(=O)c1ccc(Cl)c(NC(=O)c2nonc2N)c1. The first kappa shape index (κ1) is 13.8. The van der Waals surface area contributed by atoms with Crippen molar-refractivity contribution < 1.29 is 19.0 Å². The van der Waals surface area contributed by atoms with E-state index in [0.717, 1.165) is 0 Å². The van der Waals surface area contributed by atoms with Crippen LogP contribution in [-0.4, -0.2) is 29.3 Å². The van der Waals surface area contributed by atoms with Crippen LogP contribution in [0.25, 0.3) is 0 Å². The molecule has 0 saturated heterocycles. The Balaban J connectivity index is 2.27. The van der Waals surface area contributed by atoms with Crippen LogP contribution in [0.5, 0.6) is 0 Å². The molecule has 0 aliphatic rings. The number of carbonyl (C=O) groups excluding carboxylic acids is 2. The van der Waals surface area contributed by atoms with Crippen molar-refractivity contribution in [1.29, 1.82) is 0 Å². The van der Waals surface area contributed by atoms with E-state index in [1.54, 1.807) is 0 Å². The number of benzene rings is 1. The summed E-state index contributed by atoms with van der Waals surface area (Å²) in [6.45, 7) is 0. The number of nitrogens with two attached hydrogens (primary N) is 1. The number of nitrogens with one attached hydrogen (secondary N) is 1. The number of nitrogen functional groups attached to an aromatic ring is 1. The fourth-order valence-corrected chi connectivity index (χ4v) is 1.57. The number of ether oxygens (including phenoxy) is 1. The van der Waals surface area contributed by atoms with Gasteiger partial charge in [0.1, 0.15) is 0 Å². The summed E-state index contributed by atoms with van der Waals surface area (Å²) in [6, 6.07) is 4.29. The van der Waals surface area contributed by atoms with Crippen molar-refractivity contribution in [3.05, 3.63) is 34.5 Å². The molecule has 8 nitrogen and oxygen atoms in total. The van der Waals surface area contributed by atoms with Gasteiger partial charge in [-0.15, -0.1) is 0 Å². The van der Waals surface area contributed by atoms with Crippen LogP contribution in [0.2, 0.25) is 5.02 Å². The summed E-state index contributed by atoms with van der Waals surface area (Å²) >= 11 is 5.93. The molecule has 20 heavy (non-hydrogen) atoms. The number of hydrogen-bond acceptors (Lipinski definition) is 7. The van der Waals surface area contributed by atoms with Crippen molar-refractivity contribution in [2.45, 2.75) is 0 Å². The number of amides is 1. The highest BCUT2D eigenvalue weighted by atomic mass is 35.5. The monoisotopic (exact) mass is 296 g/mol. The zero-order valence-electron chi connectivity index (χ0n) is 10.2. The van der Waals surface area contributed by atoms with Gasteiger partial charge in [-0.3, -0.25) is 4.79 Å². The number of carbonyl (C=O) groups is 2. The van der Waals surface area contributed by atoms with E-state index >= 15 is 0 Å². The molecule has 104 valence electrons. The summed E-state index contributed by atoms with van der Waals surface area (Å²) in [7, 11) is 1.25. The number of hydrogen-bond donors (Lipinski definition) is 2. The van der Waals surface area contributed by atoms with Crippen molar-refractivity contribution in [2.75, 3.05) is 18.2 Å². The molecule has 1 aromatic heterocycles. The van der Waals surface area contributed by atoms with Crippen molar-refractivity contribution in [1.82, 2.24) is 10.3 Å². The van der Waals surface area contributed by atoms with Gasteiger partial charge in [-0.25, -0.2) is 9.42 Å². The summed E-state index contributed by atoms with van der Waals surface area (Å²) in [5.74, 6) is -1.37. The molecule has 0 fully saturated rings. The Bertz CT molecular complexity index is 670. The average Bonchev–Trinajstić information content (AvgIpc) is 2.86. The van der Waals surface area contributed by atoms with Gasteiger partial charge >= 0.3 is 5.97 Å². The summed E-state index contributed by atoms with van der Waals surface area (Å²) in [6.07, 6.45) is 0. The topological polar surface area (TPSA) is 120 Å². The Hall–Kier alpha value is -2.61. The molecule has 0 aliphatic carbocycles. The van der Waals surface area contributed by atoms with Crippen LogP contribution in [0, 0.1) is 0 Å². The molecule has 2 rings (SSSR count). The van der Waals surface area contributed by atoms with Gasteiger partial charge in [0.25, 0.3) is 5.91 Å². The van der Waals surface area contributed by atoms with Crippen LogP contribution in [0.15, 0.2) is 22.8 Å². The zero-order chi connectivity index (χ0) is 14.7. The van der Waals surface area contributed by atoms with E-state index in [-0.39, 0.29) is 27.8 Å². The normalized spacial score (nSPS) is 10.1. The van der Waals surface area contributed by atoms with Gasteiger partial charge in [-0.2, -0.15) is 0 Å². The maximum Gasteiger partial charge on any atom is 0.337 e. The number of anilines is 2. The Morgan fingerprint density at radius 1 is 1.40 bits per heavy atom. The number of esters is 1. The third-order valence-electron chi connectivity index (χ3n) is 2.36. The van der Waals surface area contributed by atoms with Gasteiger partial charge in [0.2, 0.25) is 11.5 Å². The Morgan fingerprint density at radius 3 is 2.75 bits per heavy atom. The number of methoxy groups -OCH3 is 1. The highest BCUT2D eigenvalue weighted by Gasteiger charge is 2.18. The zero-order valence-corrected chi connectivity index (χ0v) is 11.0. The van der Waals surface area contributed by atoms with Gasteiger partial charge in [0, 0.05) is 0 Å². The highest BCUT2D eigenvalue weighted by molar-refractivity contribution is 6.34. The van der Waals surface area contributed by atoms with Crippen molar-refractivity contribution >= 4 is 35.0 Å². The van der Waals surface area contributed by atoms with Crippen molar-refractivity contribution in [3.63, 3.8) is 0 Å². The van der Waals surface area contributed by atoms with Gasteiger partial charge < -0.3 is 15.8 Å². The van der Waals surface area contributed by atoms with E-state index in [0.29, 0.717) is 0 Å². The van der Waals surface area contributed by atoms with E-state index in [9.17, 15) is 9.59 Å². The number of rotatable bonds is 3. The van der Waals surface area contributed by atoms with Crippen LogP contribution in [0.1, 0.15) is 20.8 Å². The van der Waals surface area contributed by atoms with Crippen LogP contribution >= 0.6 is 11.6 Å². The highest BCUT2D eigenvalue weighted by Crippen LogP contribution is 2.24. The van der Waals surface area contributed by atoms with Gasteiger partial charge in [-0.05, 0) is 28.5 Å². The summed E-state index contributed by atoms with van der Waals surface area (Å²) in [5.41, 5.74) is 5.67. The maximum absolute atomic E-state index is 11.9. The second kappa shape index (κ2) is 5.57. The number of nitrogens with zero attached hydrogens (tertiary/aromatic N) is 2. The van der Waals surface area contributed by atoms with Crippen LogP contribution in [-0.2, 0) is 4.74 Å². The third-order valence-corrected chi connectivity index (χ3v) is 2.69. The second-order valence-corrected chi connectivity index (χ2v) is 4.05. The quantitative estimate of drug-likeness (QED) is 0.820. The third kappa shape index (κ3) is 2.69. The molecule has 0 unspecified atom stereocenters. The Labute approximate surface area is 117 Å². The standard InChI is InChI=1S/C11H9ClN4O4/c1-19-11(18)5-2-3-6(12)7(4-5)14-10(17)8-9(13)16-20-15-8/h2-4H,1H3,(H2,13,16)(H,14,17). The van der Waals surface area contributed by atoms with E-state index < -0.39 is 11.9 Å². The predicted octanol–water partition coefficient (Wildman–Crippen LogP) is 1.34. The minimum Gasteiger partial charge on any atom is -0.465 e. The lowest BCUT2D eigenvalue weighted by molar-refractivity contribution is 0.0600.